The van der Waals surface area contributed by atoms with Crippen LogP contribution in [-0.2, 0) is 11.3 Å². The normalized spacial score (nSPS) is 21.5. The van der Waals surface area contributed by atoms with E-state index >= 15 is 0 Å². The van der Waals surface area contributed by atoms with Crippen LogP contribution in [0.2, 0.25) is 0 Å². The molecule has 19 heavy (non-hydrogen) atoms. The number of likely N-dealkylation sites (N-methyl/N-ethyl adjacent to an activating group) is 1. The number of carbonyl (C=O) groups is 1. The van der Waals surface area contributed by atoms with Gasteiger partial charge in [0.15, 0.2) is 0 Å². The fourth-order valence-corrected chi connectivity index (χ4v) is 2.52. The molecule has 5 heteroatoms. The van der Waals surface area contributed by atoms with Crippen LogP contribution in [-0.4, -0.2) is 53.4 Å². The molecule has 2 N–H and O–H groups in total. The lowest BCUT2D eigenvalue weighted by Crippen LogP contribution is -2.45. The molecule has 2 heterocycles. The molecule has 104 valence electrons. The fraction of sp³-hybridized carbons (Fsp3) is 0.571. The molecular weight excluding hydrogens is 240 g/mol. The number of amides is 1. The van der Waals surface area contributed by atoms with Crippen molar-refractivity contribution in [2.75, 3.05) is 26.7 Å². The maximum Gasteiger partial charge on any atom is 0.240 e. The van der Waals surface area contributed by atoms with Crippen LogP contribution in [0.3, 0.4) is 0 Å². The van der Waals surface area contributed by atoms with Gasteiger partial charge in [-0.25, -0.2) is 0 Å². The topological polar surface area (TPSA) is 62.5 Å². The zero-order valence-electron chi connectivity index (χ0n) is 11.5. The van der Waals surface area contributed by atoms with E-state index in [1.165, 1.54) is 0 Å². The Morgan fingerprint density at radius 2 is 2.26 bits per heavy atom. The van der Waals surface area contributed by atoms with E-state index in [2.05, 4.69) is 9.88 Å². The van der Waals surface area contributed by atoms with Gasteiger partial charge < -0.3 is 10.6 Å². The lowest BCUT2D eigenvalue weighted by molar-refractivity contribution is -0.135. The molecule has 1 aromatic rings. The van der Waals surface area contributed by atoms with Crippen molar-refractivity contribution in [3.05, 3.63) is 30.1 Å². The van der Waals surface area contributed by atoms with Gasteiger partial charge in [-0.3, -0.25) is 14.7 Å². The van der Waals surface area contributed by atoms with Gasteiger partial charge in [0.25, 0.3) is 0 Å². The van der Waals surface area contributed by atoms with E-state index in [4.69, 9.17) is 5.73 Å². The Bertz CT molecular complexity index is 409. The van der Waals surface area contributed by atoms with E-state index < -0.39 is 0 Å². The quantitative estimate of drug-likeness (QED) is 0.856. The molecule has 1 amide bonds. The summed E-state index contributed by atoms with van der Waals surface area (Å²) < 4.78 is 0. The average molecular weight is 262 g/mol. The minimum absolute atomic E-state index is 0.0868. The smallest absolute Gasteiger partial charge is 0.240 e. The van der Waals surface area contributed by atoms with Gasteiger partial charge in [0.2, 0.25) is 5.91 Å². The first-order valence-corrected chi connectivity index (χ1v) is 6.81. The highest BCUT2D eigenvalue weighted by Crippen LogP contribution is 2.14. The Labute approximate surface area is 114 Å². The largest absolute Gasteiger partial charge is 0.335 e. The lowest BCUT2D eigenvalue weighted by Gasteiger charge is -2.27. The molecule has 1 unspecified atom stereocenters. The van der Waals surface area contributed by atoms with Gasteiger partial charge in [-0.1, -0.05) is 6.07 Å². The molecule has 1 atom stereocenters. The summed E-state index contributed by atoms with van der Waals surface area (Å²) in [5, 5.41) is 0. The lowest BCUT2D eigenvalue weighted by atomic mass is 10.1. The molecule has 1 aromatic heterocycles. The van der Waals surface area contributed by atoms with Gasteiger partial charge in [-0.05, 0) is 38.6 Å². The number of carbonyl (C=O) groups excluding carboxylic acids is 1. The molecule has 0 bridgehead atoms. The van der Waals surface area contributed by atoms with Crippen molar-refractivity contribution in [2.24, 2.45) is 5.73 Å². The van der Waals surface area contributed by atoms with E-state index in [9.17, 15) is 4.79 Å². The van der Waals surface area contributed by atoms with Crippen LogP contribution in [0, 0.1) is 0 Å². The highest BCUT2D eigenvalue weighted by atomic mass is 16.2. The van der Waals surface area contributed by atoms with Crippen molar-refractivity contribution in [2.45, 2.75) is 25.4 Å². The van der Waals surface area contributed by atoms with E-state index in [-0.39, 0.29) is 11.9 Å². The number of rotatable bonds is 4. The van der Waals surface area contributed by atoms with Crippen molar-refractivity contribution in [1.82, 2.24) is 14.8 Å². The van der Waals surface area contributed by atoms with Crippen LogP contribution in [0.25, 0.3) is 0 Å². The molecule has 0 spiro atoms. The summed E-state index contributed by atoms with van der Waals surface area (Å²) in [6.07, 6.45) is 3.48. The molecule has 1 saturated heterocycles. The van der Waals surface area contributed by atoms with Gasteiger partial charge >= 0.3 is 0 Å². The van der Waals surface area contributed by atoms with Gasteiger partial charge in [-0.2, -0.15) is 0 Å². The standard InChI is InChI=1S/C14H22N4O/c1-17-9-4-10-18(14(19)13(17)6-7-15)11-12-5-2-3-8-16-12/h2-3,5,8,13H,4,6-7,9-11,15H2,1H3. The second-order valence-corrected chi connectivity index (χ2v) is 5.01. The third-order valence-electron chi connectivity index (χ3n) is 3.59. The maximum absolute atomic E-state index is 12.6. The summed E-state index contributed by atoms with van der Waals surface area (Å²) in [7, 11) is 2.00. The Kier molecular flexibility index (Phi) is 4.87. The molecule has 2 rings (SSSR count). The molecule has 1 aliphatic heterocycles. The second kappa shape index (κ2) is 6.63. The molecule has 0 aliphatic carbocycles. The monoisotopic (exact) mass is 262 g/mol. The third-order valence-corrected chi connectivity index (χ3v) is 3.59. The van der Waals surface area contributed by atoms with Crippen LogP contribution in [0.15, 0.2) is 24.4 Å². The first-order valence-electron chi connectivity index (χ1n) is 6.81. The summed E-state index contributed by atoms with van der Waals surface area (Å²) in [5.74, 6) is 0.177. The highest BCUT2D eigenvalue weighted by molar-refractivity contribution is 5.82. The number of hydrogen-bond acceptors (Lipinski definition) is 4. The fourth-order valence-electron chi connectivity index (χ4n) is 2.52. The second-order valence-electron chi connectivity index (χ2n) is 5.01. The summed E-state index contributed by atoms with van der Waals surface area (Å²) >= 11 is 0. The molecule has 5 nitrogen and oxygen atoms in total. The van der Waals surface area contributed by atoms with E-state index in [1.54, 1.807) is 6.20 Å². The Hall–Kier alpha value is -1.46. The minimum Gasteiger partial charge on any atom is -0.335 e. The summed E-state index contributed by atoms with van der Waals surface area (Å²) in [6.45, 7) is 2.86. The third kappa shape index (κ3) is 3.52. The van der Waals surface area contributed by atoms with Crippen LogP contribution >= 0.6 is 0 Å². The molecule has 0 radical (unpaired) electrons. The SMILES string of the molecule is CN1CCCN(Cc2ccccn2)C(=O)C1CCN. The van der Waals surface area contributed by atoms with Crippen LogP contribution < -0.4 is 5.73 Å². The molecular formula is C14H22N4O. The maximum atomic E-state index is 12.6. The van der Waals surface area contributed by atoms with Crippen molar-refractivity contribution in [3.63, 3.8) is 0 Å². The predicted molar refractivity (Wildman–Crippen MR) is 74.4 cm³/mol. The average Bonchev–Trinajstić information content (AvgIpc) is 2.55. The van der Waals surface area contributed by atoms with E-state index in [0.717, 1.165) is 25.2 Å². The van der Waals surface area contributed by atoms with Gasteiger partial charge in [0.05, 0.1) is 18.3 Å². The van der Waals surface area contributed by atoms with Crippen LogP contribution in [0.5, 0.6) is 0 Å². The molecule has 1 fully saturated rings. The number of nitrogens with two attached hydrogens (primary N) is 1. The van der Waals surface area contributed by atoms with Crippen molar-refractivity contribution in [3.8, 4) is 0 Å². The van der Waals surface area contributed by atoms with Crippen LogP contribution in [0.4, 0.5) is 0 Å². The first kappa shape index (κ1) is 14.0. The van der Waals surface area contributed by atoms with Gasteiger partial charge in [0.1, 0.15) is 0 Å². The Morgan fingerprint density at radius 1 is 1.42 bits per heavy atom. The minimum atomic E-state index is -0.0868. The summed E-state index contributed by atoms with van der Waals surface area (Å²) in [6, 6.07) is 5.71. The van der Waals surface area contributed by atoms with E-state index in [1.807, 2.05) is 30.1 Å². The Balaban J connectivity index is 2.09. The van der Waals surface area contributed by atoms with Crippen LogP contribution in [0.1, 0.15) is 18.5 Å². The first-order chi connectivity index (χ1) is 9.22. The molecule has 1 aliphatic rings. The van der Waals surface area contributed by atoms with Crippen molar-refractivity contribution < 1.29 is 4.79 Å². The molecule has 0 aromatic carbocycles. The van der Waals surface area contributed by atoms with Crippen molar-refractivity contribution in [1.29, 1.82) is 0 Å². The van der Waals surface area contributed by atoms with Crippen molar-refractivity contribution >= 4 is 5.91 Å². The summed E-state index contributed by atoms with van der Waals surface area (Å²) in [4.78, 5) is 20.9. The zero-order chi connectivity index (χ0) is 13.7. The highest BCUT2D eigenvalue weighted by Gasteiger charge is 2.29. The predicted octanol–water partition coefficient (Wildman–Crippen LogP) is 0.463. The number of hydrogen-bond donors (Lipinski definition) is 1. The number of aromatic nitrogens is 1. The zero-order valence-corrected chi connectivity index (χ0v) is 11.5. The van der Waals surface area contributed by atoms with E-state index in [0.29, 0.717) is 19.5 Å². The molecule has 0 saturated carbocycles. The Morgan fingerprint density at radius 3 is 2.95 bits per heavy atom. The summed E-state index contributed by atoms with van der Waals surface area (Å²) in [5.41, 5.74) is 6.56. The van der Waals surface area contributed by atoms with Gasteiger partial charge in [0, 0.05) is 19.3 Å². The van der Waals surface area contributed by atoms with Gasteiger partial charge in [-0.15, -0.1) is 0 Å². The number of pyridine rings is 1. The number of nitrogens with zero attached hydrogens (tertiary/aromatic N) is 3.